The van der Waals surface area contributed by atoms with E-state index in [1.165, 1.54) is 0 Å². The summed E-state index contributed by atoms with van der Waals surface area (Å²) < 4.78 is 13.4. The van der Waals surface area contributed by atoms with Gasteiger partial charge < -0.3 is 9.47 Å². The smallest absolute Gasteiger partial charge is 0.412 e. The van der Waals surface area contributed by atoms with Crippen LogP contribution in [0.2, 0.25) is 0 Å². The number of nitrogens with zero attached hydrogens (tertiary/aromatic N) is 4. The van der Waals surface area contributed by atoms with E-state index in [4.69, 9.17) is 9.47 Å². The van der Waals surface area contributed by atoms with Gasteiger partial charge >= 0.3 is 18.0 Å². The largest absolute Gasteiger partial charge is 0.447 e. The van der Waals surface area contributed by atoms with Crippen molar-refractivity contribution >= 4 is 0 Å². The molecule has 0 fully saturated rings. The molecule has 0 amide bonds. The third kappa shape index (κ3) is 4.24. The van der Waals surface area contributed by atoms with Gasteiger partial charge in [0.15, 0.2) is 0 Å². The number of rotatable bonds is 5. The lowest BCUT2D eigenvalue weighted by atomic mass is 10.3. The minimum atomic E-state index is 0.158. The summed E-state index contributed by atoms with van der Waals surface area (Å²) in [7, 11) is 0. The van der Waals surface area contributed by atoms with E-state index in [1.54, 1.807) is 4.57 Å². The molecule has 0 aliphatic heterocycles. The summed E-state index contributed by atoms with van der Waals surface area (Å²) in [4.78, 5) is 13.1. The Kier molecular flexibility index (Phi) is 4.70. The van der Waals surface area contributed by atoms with Crippen molar-refractivity contribution in [3.63, 3.8) is 0 Å². The van der Waals surface area contributed by atoms with Gasteiger partial charge in [0.05, 0.1) is 12.4 Å². The monoisotopic (exact) mass is 357 g/mol. The van der Waals surface area contributed by atoms with Gasteiger partial charge in [-0.1, -0.05) is 42.5 Å². The van der Waals surface area contributed by atoms with Crippen LogP contribution in [0.25, 0.3) is 5.95 Å². The van der Waals surface area contributed by atoms with Crippen molar-refractivity contribution in [2.75, 3.05) is 0 Å². The second-order valence-electron chi connectivity index (χ2n) is 5.82. The molecule has 6 heteroatoms. The molecule has 2 heterocycles. The Labute approximate surface area is 156 Å². The van der Waals surface area contributed by atoms with Crippen molar-refractivity contribution in [1.82, 2.24) is 15.0 Å². The van der Waals surface area contributed by atoms with Gasteiger partial charge in [0, 0.05) is 0 Å². The fourth-order valence-electron chi connectivity index (χ4n) is 2.44. The highest BCUT2D eigenvalue weighted by molar-refractivity contribution is 5.27. The molecular formula is C21H17N4O2+. The van der Waals surface area contributed by atoms with E-state index in [1.807, 2.05) is 92.1 Å². The minimum absolute atomic E-state index is 0.158. The second-order valence-corrected chi connectivity index (χ2v) is 5.82. The lowest BCUT2D eigenvalue weighted by Gasteiger charge is -2.04. The topological polar surface area (TPSA) is 61.0 Å². The quantitative estimate of drug-likeness (QED) is 0.505. The first-order chi connectivity index (χ1) is 13.3. The summed E-state index contributed by atoms with van der Waals surface area (Å²) in [6, 6.07) is 22.9. The average molecular weight is 357 g/mol. The Morgan fingerprint density at radius 3 is 1.74 bits per heavy atom. The van der Waals surface area contributed by atoms with E-state index in [0.29, 0.717) is 17.4 Å². The Balaban J connectivity index is 1.73. The van der Waals surface area contributed by atoms with E-state index in [2.05, 4.69) is 15.0 Å². The van der Waals surface area contributed by atoms with Gasteiger partial charge in [-0.3, -0.25) is 0 Å². The molecule has 0 atom stereocenters. The van der Waals surface area contributed by atoms with Gasteiger partial charge in [0.2, 0.25) is 0 Å². The third-order valence-corrected chi connectivity index (χ3v) is 3.67. The standard InChI is InChI=1S/C21H17N4O2/c1-16-9-8-14-25(15-16)19-22-20(26-17-10-4-2-5-11-17)24-21(23-19)27-18-12-6-3-7-13-18/h2-15H,1H3/q+1. The molecule has 0 unspecified atom stereocenters. The van der Waals surface area contributed by atoms with Crippen LogP contribution in [0.5, 0.6) is 23.5 Å². The molecule has 0 saturated carbocycles. The normalized spacial score (nSPS) is 10.4. The number of para-hydroxylation sites is 2. The van der Waals surface area contributed by atoms with Crippen LogP contribution in [-0.2, 0) is 0 Å². The molecule has 0 saturated heterocycles. The highest BCUT2D eigenvalue weighted by Crippen LogP contribution is 2.22. The first-order valence-electron chi connectivity index (χ1n) is 8.46. The lowest BCUT2D eigenvalue weighted by Crippen LogP contribution is -2.33. The third-order valence-electron chi connectivity index (χ3n) is 3.67. The van der Waals surface area contributed by atoms with Crippen LogP contribution < -0.4 is 14.0 Å². The van der Waals surface area contributed by atoms with Crippen LogP contribution in [0.4, 0.5) is 0 Å². The SMILES string of the molecule is Cc1ccc[n+](-c2nc(Oc3ccccc3)nc(Oc3ccccc3)n2)c1. The first-order valence-corrected chi connectivity index (χ1v) is 8.46. The molecule has 4 aromatic rings. The molecule has 6 nitrogen and oxygen atoms in total. The van der Waals surface area contributed by atoms with Crippen molar-refractivity contribution in [2.45, 2.75) is 6.92 Å². The average Bonchev–Trinajstić information content (AvgIpc) is 2.69. The van der Waals surface area contributed by atoms with Crippen LogP contribution in [-0.4, -0.2) is 15.0 Å². The highest BCUT2D eigenvalue weighted by atomic mass is 16.5. The van der Waals surface area contributed by atoms with Gasteiger partial charge in [-0.25, -0.2) is 4.57 Å². The summed E-state index contributed by atoms with van der Waals surface area (Å²) in [5.41, 5.74) is 1.08. The minimum Gasteiger partial charge on any atom is -0.412 e. The number of hydrogen-bond acceptors (Lipinski definition) is 5. The van der Waals surface area contributed by atoms with E-state index >= 15 is 0 Å². The summed E-state index contributed by atoms with van der Waals surface area (Å²) in [5.74, 6) is 1.68. The fraction of sp³-hybridized carbons (Fsp3) is 0.0476. The Morgan fingerprint density at radius 2 is 1.22 bits per heavy atom. The molecule has 2 aromatic carbocycles. The van der Waals surface area contributed by atoms with E-state index < -0.39 is 0 Å². The van der Waals surface area contributed by atoms with Gasteiger partial charge in [-0.15, -0.1) is 4.98 Å². The number of pyridine rings is 1. The maximum Gasteiger partial charge on any atom is 0.447 e. The van der Waals surface area contributed by atoms with Crippen molar-refractivity contribution in [2.24, 2.45) is 0 Å². The van der Waals surface area contributed by atoms with E-state index in [9.17, 15) is 0 Å². The zero-order valence-electron chi connectivity index (χ0n) is 14.7. The van der Waals surface area contributed by atoms with E-state index in [-0.39, 0.29) is 12.0 Å². The van der Waals surface area contributed by atoms with Gasteiger partial charge in [-0.2, -0.15) is 0 Å². The first kappa shape index (κ1) is 16.7. The van der Waals surface area contributed by atoms with Crippen molar-refractivity contribution < 1.29 is 14.0 Å². The van der Waals surface area contributed by atoms with E-state index in [0.717, 1.165) is 5.56 Å². The summed E-state index contributed by atoms with van der Waals surface area (Å²) in [6.45, 7) is 2.00. The Morgan fingerprint density at radius 1 is 0.667 bits per heavy atom. The molecular weight excluding hydrogens is 340 g/mol. The lowest BCUT2D eigenvalue weighted by molar-refractivity contribution is -0.604. The number of aryl methyl sites for hydroxylation is 1. The highest BCUT2D eigenvalue weighted by Gasteiger charge is 2.21. The van der Waals surface area contributed by atoms with Crippen LogP contribution in [0, 0.1) is 6.92 Å². The molecule has 0 N–H and O–H groups in total. The number of benzene rings is 2. The number of aromatic nitrogens is 4. The van der Waals surface area contributed by atoms with Gasteiger partial charge in [-0.05, 0) is 52.8 Å². The summed E-state index contributed by atoms with van der Waals surface area (Å²) in [6.07, 6.45) is 3.79. The van der Waals surface area contributed by atoms with Gasteiger partial charge in [0.25, 0.3) is 0 Å². The van der Waals surface area contributed by atoms with Crippen LogP contribution >= 0.6 is 0 Å². The Bertz CT molecular complexity index is 980. The molecule has 0 aliphatic carbocycles. The van der Waals surface area contributed by atoms with Crippen molar-refractivity contribution in [1.29, 1.82) is 0 Å². The van der Waals surface area contributed by atoms with Crippen molar-refractivity contribution in [3.05, 3.63) is 90.8 Å². The van der Waals surface area contributed by atoms with Crippen LogP contribution in [0.15, 0.2) is 85.2 Å². The predicted molar refractivity (Wildman–Crippen MR) is 99.1 cm³/mol. The van der Waals surface area contributed by atoms with Crippen LogP contribution in [0.1, 0.15) is 5.56 Å². The zero-order chi connectivity index (χ0) is 18.5. The maximum atomic E-state index is 5.79. The fourth-order valence-corrected chi connectivity index (χ4v) is 2.44. The molecule has 4 rings (SSSR count). The second kappa shape index (κ2) is 7.61. The molecule has 27 heavy (non-hydrogen) atoms. The molecule has 0 radical (unpaired) electrons. The molecule has 0 aliphatic rings. The molecule has 0 spiro atoms. The molecule has 0 bridgehead atoms. The summed E-state index contributed by atoms with van der Waals surface area (Å²) in [5, 5.41) is 0. The van der Waals surface area contributed by atoms with Crippen LogP contribution in [0.3, 0.4) is 0 Å². The maximum absolute atomic E-state index is 5.79. The molecule has 132 valence electrons. The Hall–Kier alpha value is -3.80. The molecule has 2 aromatic heterocycles. The zero-order valence-corrected chi connectivity index (χ0v) is 14.7. The summed E-state index contributed by atoms with van der Waals surface area (Å²) >= 11 is 0. The van der Waals surface area contributed by atoms with Gasteiger partial charge in [0.1, 0.15) is 11.5 Å². The number of ether oxygens (including phenoxy) is 2. The number of hydrogen-bond donors (Lipinski definition) is 0. The predicted octanol–water partition coefficient (Wildman–Crippen LogP) is 4.04. The van der Waals surface area contributed by atoms with Crippen molar-refractivity contribution in [3.8, 4) is 29.5 Å².